The Balaban J connectivity index is 1.38. The molecule has 2 fully saturated rings. The van der Waals surface area contributed by atoms with Crippen LogP contribution in [0.1, 0.15) is 37.2 Å². The van der Waals surface area contributed by atoms with Crippen LogP contribution in [0.25, 0.3) is 0 Å². The Hall–Kier alpha value is -2.80. The molecule has 2 amide bonds. The molecule has 6 nitrogen and oxygen atoms in total. The lowest BCUT2D eigenvalue weighted by atomic mass is 9.89. The highest BCUT2D eigenvalue weighted by atomic mass is 35.5. The first kappa shape index (κ1) is 21.4. The molecule has 2 aliphatic heterocycles. The van der Waals surface area contributed by atoms with Gasteiger partial charge in [0.15, 0.2) is 0 Å². The van der Waals surface area contributed by atoms with Crippen LogP contribution in [0.15, 0.2) is 36.4 Å². The Morgan fingerprint density at radius 1 is 1.13 bits per heavy atom. The van der Waals surface area contributed by atoms with Crippen LogP contribution in [0.2, 0.25) is 5.02 Å². The molecule has 2 heterocycles. The van der Waals surface area contributed by atoms with Crippen LogP contribution in [-0.4, -0.2) is 38.1 Å². The van der Waals surface area contributed by atoms with E-state index in [-0.39, 0.29) is 24.1 Å². The van der Waals surface area contributed by atoms with E-state index in [1.807, 2.05) is 18.2 Å². The van der Waals surface area contributed by atoms with Gasteiger partial charge in [-0.25, -0.2) is 4.39 Å². The minimum Gasteiger partial charge on any atom is -0.495 e. The number of piperidine rings is 2. The largest absolute Gasteiger partial charge is 0.495 e. The summed E-state index contributed by atoms with van der Waals surface area (Å²) in [6.45, 7) is 1.49. The molecule has 0 aliphatic carbocycles. The third-order valence-corrected chi connectivity index (χ3v) is 6.32. The number of nitrogens with zero attached hydrogens (tertiary/aromatic N) is 1. The number of methoxy groups -OCH3 is 1. The number of carbonyl (C=O) groups is 2. The number of anilines is 2. The van der Waals surface area contributed by atoms with Gasteiger partial charge in [0.2, 0.25) is 11.8 Å². The number of hydrogen-bond acceptors (Lipinski definition) is 5. The van der Waals surface area contributed by atoms with E-state index in [9.17, 15) is 14.0 Å². The maximum atomic E-state index is 14.8. The lowest BCUT2D eigenvalue weighted by molar-refractivity contribution is -0.133. The first-order valence-electron chi connectivity index (χ1n) is 10.4. The van der Waals surface area contributed by atoms with Gasteiger partial charge in [-0.1, -0.05) is 17.7 Å². The van der Waals surface area contributed by atoms with Crippen molar-refractivity contribution in [1.29, 1.82) is 0 Å². The van der Waals surface area contributed by atoms with Crippen LogP contribution in [0.5, 0.6) is 5.75 Å². The van der Waals surface area contributed by atoms with Crippen LogP contribution < -0.4 is 20.3 Å². The highest BCUT2D eigenvalue weighted by molar-refractivity contribution is 6.32. The summed E-state index contributed by atoms with van der Waals surface area (Å²) in [6, 6.07) is 10.3. The second-order valence-corrected chi connectivity index (χ2v) is 8.38. The number of imide groups is 1. The summed E-state index contributed by atoms with van der Waals surface area (Å²) >= 11 is 6.13. The van der Waals surface area contributed by atoms with Gasteiger partial charge >= 0.3 is 0 Å². The smallest absolute Gasteiger partial charge is 0.249 e. The Bertz CT molecular complexity index is 992. The molecule has 31 heavy (non-hydrogen) atoms. The van der Waals surface area contributed by atoms with Crippen LogP contribution in [0.3, 0.4) is 0 Å². The Morgan fingerprint density at radius 2 is 1.90 bits per heavy atom. The summed E-state index contributed by atoms with van der Waals surface area (Å²) in [6.07, 6.45) is 2.48. The number of ether oxygens (including phenoxy) is 1. The van der Waals surface area contributed by atoms with Crippen molar-refractivity contribution in [1.82, 2.24) is 5.32 Å². The van der Waals surface area contributed by atoms with Gasteiger partial charge in [0, 0.05) is 25.2 Å². The minimum absolute atomic E-state index is 0.273. The normalized spacial score (nSPS) is 19.8. The van der Waals surface area contributed by atoms with Crippen molar-refractivity contribution in [2.45, 2.75) is 37.6 Å². The number of benzene rings is 2. The molecule has 0 saturated carbocycles. The number of nitrogens with one attached hydrogen (secondary N) is 2. The van der Waals surface area contributed by atoms with E-state index in [4.69, 9.17) is 16.3 Å². The third kappa shape index (κ3) is 4.77. The van der Waals surface area contributed by atoms with E-state index < -0.39 is 6.04 Å². The third-order valence-electron chi connectivity index (χ3n) is 6.01. The van der Waals surface area contributed by atoms with Gasteiger partial charge in [0.25, 0.3) is 0 Å². The zero-order valence-corrected chi connectivity index (χ0v) is 18.0. The number of carbonyl (C=O) groups excluding carboxylic acids is 2. The molecule has 0 aromatic heterocycles. The van der Waals surface area contributed by atoms with Gasteiger partial charge in [-0.15, -0.1) is 0 Å². The highest BCUT2D eigenvalue weighted by Crippen LogP contribution is 2.35. The summed E-state index contributed by atoms with van der Waals surface area (Å²) in [7, 11) is 1.61. The van der Waals surface area contributed by atoms with Crippen LogP contribution >= 0.6 is 11.6 Å². The topological polar surface area (TPSA) is 70.7 Å². The SMILES string of the molecule is COc1cc(C2CCN(c3ccc(NC4CCC(=O)NC4=O)cc3F)CC2)ccc1Cl. The van der Waals surface area contributed by atoms with Gasteiger partial charge in [0.1, 0.15) is 17.6 Å². The van der Waals surface area contributed by atoms with E-state index in [0.29, 0.717) is 34.5 Å². The molecule has 8 heteroatoms. The molecule has 1 atom stereocenters. The maximum absolute atomic E-state index is 14.8. The first-order chi connectivity index (χ1) is 14.9. The molecule has 2 saturated heterocycles. The van der Waals surface area contributed by atoms with E-state index in [2.05, 4.69) is 15.5 Å². The van der Waals surface area contributed by atoms with Crippen LogP contribution in [0, 0.1) is 5.82 Å². The molecule has 0 spiro atoms. The van der Waals surface area contributed by atoms with Crippen molar-refractivity contribution in [3.63, 3.8) is 0 Å². The molecular formula is C23H25ClFN3O3. The Labute approximate surface area is 185 Å². The monoisotopic (exact) mass is 445 g/mol. The van der Waals surface area contributed by atoms with Crippen LogP contribution in [-0.2, 0) is 9.59 Å². The van der Waals surface area contributed by atoms with Crippen molar-refractivity contribution in [3.05, 3.63) is 52.8 Å². The van der Waals surface area contributed by atoms with Gasteiger partial charge in [0.05, 0.1) is 17.8 Å². The zero-order chi connectivity index (χ0) is 22.0. The molecule has 4 rings (SSSR count). The quantitative estimate of drug-likeness (QED) is 0.678. The predicted octanol–water partition coefficient (Wildman–Crippen LogP) is 4.09. The predicted molar refractivity (Wildman–Crippen MR) is 118 cm³/mol. The molecule has 2 N–H and O–H groups in total. The lowest BCUT2D eigenvalue weighted by Gasteiger charge is -2.34. The van der Waals surface area contributed by atoms with Gasteiger partial charge in [-0.3, -0.25) is 14.9 Å². The highest BCUT2D eigenvalue weighted by Gasteiger charge is 2.27. The molecule has 0 bridgehead atoms. The number of hydrogen-bond donors (Lipinski definition) is 2. The van der Waals surface area contributed by atoms with Crippen molar-refractivity contribution >= 4 is 34.8 Å². The van der Waals surface area contributed by atoms with E-state index >= 15 is 0 Å². The molecular weight excluding hydrogens is 421 g/mol. The van der Waals surface area contributed by atoms with Crippen molar-refractivity contribution in [2.24, 2.45) is 0 Å². The van der Waals surface area contributed by atoms with E-state index in [1.54, 1.807) is 19.2 Å². The first-order valence-corrected chi connectivity index (χ1v) is 10.8. The fourth-order valence-corrected chi connectivity index (χ4v) is 4.46. The van der Waals surface area contributed by atoms with Crippen molar-refractivity contribution in [3.8, 4) is 5.75 Å². The summed E-state index contributed by atoms with van der Waals surface area (Å²) in [5.41, 5.74) is 2.27. The fourth-order valence-electron chi connectivity index (χ4n) is 4.27. The van der Waals surface area contributed by atoms with Gasteiger partial charge < -0.3 is 15.0 Å². The molecule has 2 aromatic rings. The van der Waals surface area contributed by atoms with Crippen LogP contribution in [0.4, 0.5) is 15.8 Å². The summed E-state index contributed by atoms with van der Waals surface area (Å²) in [5.74, 6) is 0.0706. The zero-order valence-electron chi connectivity index (χ0n) is 17.3. The van der Waals surface area contributed by atoms with E-state index in [0.717, 1.165) is 25.9 Å². The molecule has 0 radical (unpaired) electrons. The number of halogens is 2. The fraction of sp³-hybridized carbons (Fsp3) is 0.391. The molecule has 2 aromatic carbocycles. The lowest BCUT2D eigenvalue weighted by Crippen LogP contribution is -2.47. The molecule has 2 aliphatic rings. The average Bonchev–Trinajstić information content (AvgIpc) is 2.76. The van der Waals surface area contributed by atoms with Gasteiger partial charge in [-0.2, -0.15) is 0 Å². The van der Waals surface area contributed by atoms with Crippen molar-refractivity contribution < 1.29 is 18.7 Å². The van der Waals surface area contributed by atoms with Gasteiger partial charge in [-0.05, 0) is 61.1 Å². The number of rotatable bonds is 5. The van der Waals surface area contributed by atoms with Crippen molar-refractivity contribution in [2.75, 3.05) is 30.4 Å². The minimum atomic E-state index is -0.532. The standard InChI is InChI=1S/C23H25ClFN3O3/c1-31-21-12-15(2-4-17(21)24)14-8-10-28(11-9-14)20-6-3-16(13-18(20)25)26-19-5-7-22(29)27-23(19)30/h2-4,6,12-14,19,26H,5,7-11H2,1H3,(H,27,29,30). The second-order valence-electron chi connectivity index (χ2n) is 7.97. The Kier molecular flexibility index (Phi) is 6.32. The number of amides is 2. The summed E-state index contributed by atoms with van der Waals surface area (Å²) in [4.78, 5) is 25.2. The molecule has 1 unspecified atom stereocenters. The average molecular weight is 446 g/mol. The Morgan fingerprint density at radius 3 is 2.58 bits per heavy atom. The summed E-state index contributed by atoms with van der Waals surface area (Å²) in [5, 5.41) is 5.91. The molecule has 164 valence electrons. The van der Waals surface area contributed by atoms with E-state index in [1.165, 1.54) is 11.6 Å². The second kappa shape index (κ2) is 9.14. The maximum Gasteiger partial charge on any atom is 0.249 e. The summed E-state index contributed by atoms with van der Waals surface area (Å²) < 4.78 is 20.2.